The zero-order valence-corrected chi connectivity index (χ0v) is 15.1. The van der Waals surface area contributed by atoms with E-state index in [0.29, 0.717) is 6.42 Å². The zero-order chi connectivity index (χ0) is 16.9. The first-order valence-electron chi connectivity index (χ1n) is 8.51. The van der Waals surface area contributed by atoms with E-state index >= 15 is 0 Å². The highest BCUT2D eigenvalue weighted by Crippen LogP contribution is 2.32. The minimum absolute atomic E-state index is 0.194. The molecule has 2 heterocycles. The van der Waals surface area contributed by atoms with Crippen LogP contribution in [-0.4, -0.2) is 29.4 Å². The van der Waals surface area contributed by atoms with Crippen molar-refractivity contribution in [2.75, 3.05) is 13.7 Å². The fourth-order valence-corrected chi connectivity index (χ4v) is 4.11. The Morgan fingerprint density at radius 3 is 2.79 bits per heavy atom. The molecule has 0 radical (unpaired) electrons. The van der Waals surface area contributed by atoms with Crippen LogP contribution in [0.4, 0.5) is 0 Å². The van der Waals surface area contributed by atoms with Gasteiger partial charge in [0.15, 0.2) is 0 Å². The molecule has 0 unspecified atom stereocenters. The number of benzene rings is 1. The molecule has 5 heteroatoms. The van der Waals surface area contributed by atoms with Gasteiger partial charge in [0.2, 0.25) is 5.91 Å². The monoisotopic (exact) mass is 344 g/mol. The Labute approximate surface area is 147 Å². The fourth-order valence-electron chi connectivity index (χ4n) is 3.33. The van der Waals surface area contributed by atoms with E-state index in [1.165, 1.54) is 16.9 Å². The van der Waals surface area contributed by atoms with Crippen LogP contribution in [0.2, 0.25) is 0 Å². The van der Waals surface area contributed by atoms with Gasteiger partial charge in [0, 0.05) is 17.8 Å². The summed E-state index contributed by atoms with van der Waals surface area (Å²) in [5, 5.41) is 0. The molecule has 1 saturated heterocycles. The third-order valence-electron chi connectivity index (χ3n) is 4.73. The lowest BCUT2D eigenvalue weighted by Crippen LogP contribution is -2.38. The highest BCUT2D eigenvalue weighted by Gasteiger charge is 2.27. The third-order valence-corrected chi connectivity index (χ3v) is 5.73. The van der Waals surface area contributed by atoms with Crippen molar-refractivity contribution < 1.29 is 9.53 Å². The lowest BCUT2D eigenvalue weighted by Gasteiger charge is -2.36. The summed E-state index contributed by atoms with van der Waals surface area (Å²) in [6.45, 7) is 2.87. The van der Waals surface area contributed by atoms with Gasteiger partial charge in [-0.3, -0.25) is 4.79 Å². The minimum Gasteiger partial charge on any atom is -0.497 e. The van der Waals surface area contributed by atoms with Gasteiger partial charge in [0.25, 0.3) is 0 Å². The molecule has 0 spiro atoms. The maximum atomic E-state index is 12.8. The van der Waals surface area contributed by atoms with E-state index in [9.17, 15) is 4.79 Å². The molecule has 0 N–H and O–H groups in total. The topological polar surface area (TPSA) is 42.4 Å². The number of thiazole rings is 1. The molecule has 1 amide bonds. The Kier molecular flexibility index (Phi) is 5.51. The summed E-state index contributed by atoms with van der Waals surface area (Å²) in [6.07, 6.45) is 4.67. The summed E-state index contributed by atoms with van der Waals surface area (Å²) >= 11 is 1.64. The lowest BCUT2D eigenvalue weighted by molar-refractivity contribution is -0.135. The molecular weight excluding hydrogens is 320 g/mol. The molecule has 3 rings (SSSR count). The van der Waals surface area contributed by atoms with Gasteiger partial charge in [-0.1, -0.05) is 12.1 Å². The highest BCUT2D eigenvalue weighted by atomic mass is 32.1. The molecule has 1 aromatic heterocycles. The zero-order valence-electron chi connectivity index (χ0n) is 14.3. The smallest absolute Gasteiger partial charge is 0.223 e. The van der Waals surface area contributed by atoms with Crippen LogP contribution >= 0.6 is 11.3 Å². The number of likely N-dealkylation sites (tertiary alicyclic amines) is 1. The Bertz CT molecular complexity index is 681. The number of hydrogen-bond acceptors (Lipinski definition) is 4. The number of amides is 1. The van der Waals surface area contributed by atoms with Gasteiger partial charge in [-0.15, -0.1) is 11.3 Å². The quantitative estimate of drug-likeness (QED) is 0.818. The van der Waals surface area contributed by atoms with E-state index in [1.54, 1.807) is 18.4 Å². The van der Waals surface area contributed by atoms with Gasteiger partial charge >= 0.3 is 0 Å². The summed E-state index contributed by atoms with van der Waals surface area (Å²) in [7, 11) is 1.67. The maximum absolute atomic E-state index is 12.8. The van der Waals surface area contributed by atoms with Gasteiger partial charge in [0.1, 0.15) is 5.75 Å². The number of ether oxygens (including phenoxy) is 1. The fraction of sp³-hybridized carbons (Fsp3) is 0.474. The Hall–Kier alpha value is -1.88. The van der Waals surface area contributed by atoms with E-state index in [-0.39, 0.29) is 11.9 Å². The van der Waals surface area contributed by atoms with Crippen molar-refractivity contribution in [2.45, 2.75) is 45.1 Å². The highest BCUT2D eigenvalue weighted by molar-refractivity contribution is 7.09. The summed E-state index contributed by atoms with van der Waals surface area (Å²) in [5.74, 6) is 1.11. The Morgan fingerprint density at radius 2 is 2.12 bits per heavy atom. The largest absolute Gasteiger partial charge is 0.497 e. The molecule has 1 aliphatic rings. The number of carbonyl (C=O) groups is 1. The number of aromatic nitrogens is 1. The van der Waals surface area contributed by atoms with Gasteiger partial charge < -0.3 is 9.64 Å². The number of aryl methyl sites for hydroxylation is 2. The third kappa shape index (κ3) is 3.78. The van der Waals surface area contributed by atoms with E-state index in [2.05, 4.69) is 22.0 Å². The second-order valence-electron chi connectivity index (χ2n) is 6.23. The van der Waals surface area contributed by atoms with E-state index in [4.69, 9.17) is 4.74 Å². The van der Waals surface area contributed by atoms with Crippen molar-refractivity contribution in [2.24, 2.45) is 0 Å². The number of rotatable bonds is 5. The number of methoxy groups -OCH3 is 1. The summed E-state index contributed by atoms with van der Waals surface area (Å²) in [6, 6.07) is 8.32. The molecule has 0 saturated carbocycles. The minimum atomic E-state index is 0.194. The molecule has 1 fully saturated rings. The molecule has 4 nitrogen and oxygen atoms in total. The van der Waals surface area contributed by atoms with Gasteiger partial charge in [-0.25, -0.2) is 4.98 Å². The Morgan fingerprint density at radius 1 is 1.33 bits per heavy atom. The van der Waals surface area contributed by atoms with Crippen molar-refractivity contribution in [1.82, 2.24) is 9.88 Å². The molecular formula is C19H24N2O2S. The van der Waals surface area contributed by atoms with Crippen LogP contribution in [0, 0.1) is 6.92 Å². The lowest BCUT2D eigenvalue weighted by atomic mass is 9.94. The van der Waals surface area contributed by atoms with Crippen molar-refractivity contribution >= 4 is 17.2 Å². The molecule has 24 heavy (non-hydrogen) atoms. The van der Waals surface area contributed by atoms with Crippen LogP contribution < -0.4 is 4.74 Å². The number of hydrogen-bond donors (Lipinski definition) is 0. The maximum Gasteiger partial charge on any atom is 0.223 e. The first-order chi connectivity index (χ1) is 11.7. The van der Waals surface area contributed by atoms with Gasteiger partial charge in [-0.2, -0.15) is 0 Å². The summed E-state index contributed by atoms with van der Waals surface area (Å²) < 4.78 is 5.24. The molecule has 1 atom stereocenters. The molecule has 2 aromatic rings. The first-order valence-corrected chi connectivity index (χ1v) is 9.39. The molecule has 128 valence electrons. The molecule has 0 aliphatic carbocycles. The number of piperidine rings is 1. The van der Waals surface area contributed by atoms with Crippen LogP contribution in [0.25, 0.3) is 0 Å². The average Bonchev–Trinajstić information content (AvgIpc) is 3.05. The van der Waals surface area contributed by atoms with Crippen LogP contribution in [0.5, 0.6) is 5.75 Å². The van der Waals surface area contributed by atoms with Gasteiger partial charge in [0.05, 0.1) is 24.4 Å². The van der Waals surface area contributed by atoms with E-state index in [1.807, 2.05) is 24.6 Å². The summed E-state index contributed by atoms with van der Waals surface area (Å²) in [5.41, 5.74) is 4.12. The normalized spacial score (nSPS) is 17.8. The van der Waals surface area contributed by atoms with E-state index < -0.39 is 0 Å². The summed E-state index contributed by atoms with van der Waals surface area (Å²) in [4.78, 5) is 20.4. The van der Waals surface area contributed by atoms with Crippen LogP contribution in [0.15, 0.2) is 29.8 Å². The first kappa shape index (κ1) is 17.0. The van der Waals surface area contributed by atoms with Crippen LogP contribution in [0.1, 0.15) is 47.9 Å². The van der Waals surface area contributed by atoms with Crippen molar-refractivity contribution in [3.8, 4) is 5.75 Å². The second-order valence-corrected chi connectivity index (χ2v) is 7.17. The number of nitrogens with zero attached hydrogens (tertiary/aromatic N) is 2. The second kappa shape index (κ2) is 7.79. The predicted octanol–water partition coefficient (Wildman–Crippen LogP) is 4.15. The average molecular weight is 344 g/mol. The van der Waals surface area contributed by atoms with Crippen LogP contribution in [-0.2, 0) is 11.2 Å². The SMILES string of the molecule is COc1ccc([C@H]2CCCCN2C(=O)CCc2scnc2C)cc1. The predicted molar refractivity (Wildman–Crippen MR) is 96.5 cm³/mol. The van der Waals surface area contributed by atoms with Crippen molar-refractivity contribution in [3.05, 3.63) is 45.9 Å². The number of carbonyl (C=O) groups excluding carboxylic acids is 1. The van der Waals surface area contributed by atoms with E-state index in [0.717, 1.165) is 37.3 Å². The van der Waals surface area contributed by atoms with Crippen LogP contribution in [0.3, 0.4) is 0 Å². The molecule has 1 aromatic carbocycles. The standard InChI is InChI=1S/C19H24N2O2S/c1-14-18(24-13-20-14)10-11-19(22)21-12-4-3-5-17(21)15-6-8-16(23-2)9-7-15/h6-9,13,17H,3-5,10-12H2,1-2H3/t17-/m1/s1. The van der Waals surface area contributed by atoms with Crippen molar-refractivity contribution in [1.29, 1.82) is 0 Å². The Balaban J connectivity index is 1.68. The van der Waals surface area contributed by atoms with Gasteiger partial charge in [-0.05, 0) is 50.3 Å². The molecule has 1 aliphatic heterocycles. The van der Waals surface area contributed by atoms with Crippen molar-refractivity contribution in [3.63, 3.8) is 0 Å². The molecule has 0 bridgehead atoms.